The van der Waals surface area contributed by atoms with E-state index < -0.39 is 17.9 Å². The molecule has 7 heteroatoms. The molecule has 0 spiro atoms. The summed E-state index contributed by atoms with van der Waals surface area (Å²) >= 11 is 3.22. The summed E-state index contributed by atoms with van der Waals surface area (Å²) in [6.07, 6.45) is 1.37. The Bertz CT molecular complexity index is 515. The molecule has 1 aliphatic heterocycles. The van der Waals surface area contributed by atoms with Crippen molar-refractivity contribution in [2.45, 2.75) is 25.3 Å². The van der Waals surface area contributed by atoms with Crippen molar-refractivity contribution in [1.82, 2.24) is 4.90 Å². The Labute approximate surface area is 131 Å². The van der Waals surface area contributed by atoms with Crippen LogP contribution in [0.1, 0.15) is 31.1 Å². The van der Waals surface area contributed by atoms with Gasteiger partial charge in [0.15, 0.2) is 4.67 Å². The van der Waals surface area contributed by atoms with Crippen molar-refractivity contribution < 1.29 is 23.8 Å². The van der Waals surface area contributed by atoms with Gasteiger partial charge < -0.3 is 19.2 Å². The summed E-state index contributed by atoms with van der Waals surface area (Å²) in [4.78, 5) is 25.5. The maximum atomic E-state index is 12.3. The fourth-order valence-corrected chi connectivity index (χ4v) is 3.02. The summed E-state index contributed by atoms with van der Waals surface area (Å²) < 4.78 is 11.1. The molecule has 1 aromatic rings. The molecule has 1 fully saturated rings. The van der Waals surface area contributed by atoms with Gasteiger partial charge in [-0.05, 0) is 40.9 Å². The van der Waals surface area contributed by atoms with Gasteiger partial charge in [-0.1, -0.05) is 0 Å². The molecular weight excluding hydrogens is 342 g/mol. The highest BCUT2D eigenvalue weighted by Gasteiger charge is 2.40. The largest absolute Gasteiger partial charge is 0.481 e. The van der Waals surface area contributed by atoms with Gasteiger partial charge in [0, 0.05) is 20.1 Å². The quantitative estimate of drug-likeness (QED) is 0.873. The molecule has 1 saturated heterocycles. The van der Waals surface area contributed by atoms with E-state index in [1.165, 1.54) is 0 Å². The van der Waals surface area contributed by atoms with Gasteiger partial charge in [-0.25, -0.2) is 0 Å². The van der Waals surface area contributed by atoms with E-state index in [0.717, 1.165) is 0 Å². The first-order valence-corrected chi connectivity index (χ1v) is 7.60. The van der Waals surface area contributed by atoms with E-state index in [1.54, 1.807) is 24.1 Å². The van der Waals surface area contributed by atoms with E-state index >= 15 is 0 Å². The fraction of sp³-hybridized carbons (Fsp3) is 0.571. The Morgan fingerprint density at radius 2 is 2.33 bits per heavy atom. The van der Waals surface area contributed by atoms with Crippen LogP contribution in [0.4, 0.5) is 0 Å². The van der Waals surface area contributed by atoms with Crippen LogP contribution in [0.2, 0.25) is 0 Å². The van der Waals surface area contributed by atoms with Gasteiger partial charge in [-0.3, -0.25) is 9.59 Å². The number of carbonyl (C=O) groups is 2. The van der Waals surface area contributed by atoms with E-state index in [4.69, 9.17) is 9.15 Å². The molecule has 2 unspecified atom stereocenters. The van der Waals surface area contributed by atoms with Crippen LogP contribution in [0.15, 0.2) is 21.2 Å². The Hall–Kier alpha value is -1.34. The highest BCUT2D eigenvalue weighted by molar-refractivity contribution is 9.10. The number of carbonyl (C=O) groups excluding carboxylic acids is 1. The van der Waals surface area contributed by atoms with Crippen LogP contribution in [0.3, 0.4) is 0 Å². The van der Waals surface area contributed by atoms with E-state index in [9.17, 15) is 14.7 Å². The van der Waals surface area contributed by atoms with Gasteiger partial charge in [0.1, 0.15) is 11.8 Å². The second kappa shape index (κ2) is 7.09. The number of likely N-dealkylation sites (tertiary alicyclic amines) is 1. The molecule has 0 radical (unpaired) electrons. The molecule has 0 bridgehead atoms. The maximum Gasteiger partial charge on any atom is 0.309 e. The third kappa shape index (κ3) is 3.65. The second-order valence-corrected chi connectivity index (χ2v) is 5.79. The van der Waals surface area contributed by atoms with Crippen LogP contribution in [-0.2, 0) is 14.3 Å². The number of hydrogen-bond acceptors (Lipinski definition) is 4. The predicted molar refractivity (Wildman–Crippen MR) is 77.7 cm³/mol. The maximum absolute atomic E-state index is 12.3. The van der Waals surface area contributed by atoms with E-state index in [-0.39, 0.29) is 5.91 Å². The molecule has 2 rings (SSSR count). The first kappa shape index (κ1) is 16.0. The van der Waals surface area contributed by atoms with Gasteiger partial charge in [0.05, 0.1) is 12.5 Å². The highest BCUT2D eigenvalue weighted by Crippen LogP contribution is 2.37. The van der Waals surface area contributed by atoms with Crippen LogP contribution >= 0.6 is 15.9 Å². The standard InChI is InChI=1S/C14H18BrNO5/c1-20-8-7-16-12(17)4-2-3-9(14(18)19)13(16)10-5-6-11(15)21-10/h5-6,9,13H,2-4,7-8H2,1H3,(H,18,19). The lowest BCUT2D eigenvalue weighted by atomic mass is 9.93. The fourth-order valence-electron chi connectivity index (χ4n) is 2.70. The molecule has 1 amide bonds. The number of aliphatic carboxylic acids is 1. The number of ether oxygens (including phenoxy) is 1. The Balaban J connectivity index is 2.38. The van der Waals surface area contributed by atoms with E-state index in [0.29, 0.717) is 42.8 Å². The van der Waals surface area contributed by atoms with Crippen LogP contribution in [0.25, 0.3) is 0 Å². The molecule has 1 aromatic heterocycles. The van der Waals surface area contributed by atoms with Crippen molar-refractivity contribution >= 4 is 27.8 Å². The monoisotopic (exact) mass is 359 g/mol. The predicted octanol–water partition coefficient (Wildman–Crippen LogP) is 2.44. The normalized spacial score (nSPS) is 23.1. The Morgan fingerprint density at radius 3 is 2.90 bits per heavy atom. The molecule has 21 heavy (non-hydrogen) atoms. The first-order chi connectivity index (χ1) is 10.0. The average Bonchev–Trinajstić information content (AvgIpc) is 2.78. The summed E-state index contributed by atoms with van der Waals surface area (Å²) in [5, 5.41) is 9.51. The van der Waals surface area contributed by atoms with Crippen molar-refractivity contribution in [2.24, 2.45) is 5.92 Å². The van der Waals surface area contributed by atoms with Crippen molar-refractivity contribution in [1.29, 1.82) is 0 Å². The SMILES string of the molecule is COCCN1C(=O)CCCC(C(=O)O)C1c1ccc(Br)o1. The molecule has 0 aliphatic carbocycles. The molecule has 116 valence electrons. The van der Waals surface area contributed by atoms with Gasteiger partial charge in [-0.15, -0.1) is 0 Å². The number of hydrogen-bond donors (Lipinski definition) is 1. The summed E-state index contributed by atoms with van der Waals surface area (Å²) in [6.45, 7) is 0.707. The van der Waals surface area contributed by atoms with Crippen LogP contribution in [-0.4, -0.2) is 42.1 Å². The zero-order chi connectivity index (χ0) is 15.4. The number of furan rings is 1. The van der Waals surface area contributed by atoms with Crippen LogP contribution in [0, 0.1) is 5.92 Å². The average molecular weight is 360 g/mol. The number of carboxylic acids is 1. The molecule has 2 atom stereocenters. The van der Waals surface area contributed by atoms with Crippen molar-refractivity contribution in [3.63, 3.8) is 0 Å². The summed E-state index contributed by atoms with van der Waals surface area (Å²) in [5.74, 6) is -1.16. The lowest BCUT2D eigenvalue weighted by Crippen LogP contribution is -2.40. The molecule has 2 heterocycles. The number of halogens is 1. The van der Waals surface area contributed by atoms with Crippen molar-refractivity contribution in [3.05, 3.63) is 22.6 Å². The Morgan fingerprint density at radius 1 is 1.57 bits per heavy atom. The summed E-state index contributed by atoms with van der Waals surface area (Å²) in [6, 6.07) is 2.82. The molecule has 0 saturated carbocycles. The van der Waals surface area contributed by atoms with E-state index in [1.807, 2.05) is 0 Å². The van der Waals surface area contributed by atoms with Gasteiger partial charge in [-0.2, -0.15) is 0 Å². The third-order valence-electron chi connectivity index (χ3n) is 3.68. The summed E-state index contributed by atoms with van der Waals surface area (Å²) in [5.41, 5.74) is 0. The minimum Gasteiger partial charge on any atom is -0.481 e. The first-order valence-electron chi connectivity index (χ1n) is 6.81. The van der Waals surface area contributed by atoms with Gasteiger partial charge >= 0.3 is 5.97 Å². The number of methoxy groups -OCH3 is 1. The van der Waals surface area contributed by atoms with Crippen molar-refractivity contribution in [3.8, 4) is 0 Å². The van der Waals surface area contributed by atoms with E-state index in [2.05, 4.69) is 15.9 Å². The number of rotatable bonds is 5. The lowest BCUT2D eigenvalue weighted by Gasteiger charge is -2.31. The lowest BCUT2D eigenvalue weighted by molar-refractivity contribution is -0.146. The number of amides is 1. The molecule has 0 aromatic carbocycles. The van der Waals surface area contributed by atoms with Crippen molar-refractivity contribution in [2.75, 3.05) is 20.3 Å². The topological polar surface area (TPSA) is 80.0 Å². The third-order valence-corrected chi connectivity index (χ3v) is 4.11. The smallest absolute Gasteiger partial charge is 0.309 e. The summed E-state index contributed by atoms with van der Waals surface area (Å²) in [7, 11) is 1.55. The van der Waals surface area contributed by atoms with Gasteiger partial charge in [0.2, 0.25) is 5.91 Å². The second-order valence-electron chi connectivity index (χ2n) is 5.00. The number of carboxylic acid groups (broad SMARTS) is 1. The highest BCUT2D eigenvalue weighted by atomic mass is 79.9. The minimum atomic E-state index is -0.912. The number of nitrogens with zero attached hydrogens (tertiary/aromatic N) is 1. The minimum absolute atomic E-state index is 0.0617. The zero-order valence-electron chi connectivity index (χ0n) is 11.8. The van der Waals surface area contributed by atoms with Gasteiger partial charge in [0.25, 0.3) is 0 Å². The van der Waals surface area contributed by atoms with Crippen LogP contribution < -0.4 is 0 Å². The molecule has 1 aliphatic rings. The zero-order valence-corrected chi connectivity index (χ0v) is 13.3. The molecular formula is C14H18BrNO5. The molecule has 1 N–H and O–H groups in total. The Kier molecular flexibility index (Phi) is 5.41. The van der Waals surface area contributed by atoms with Crippen LogP contribution in [0.5, 0.6) is 0 Å². The molecule has 6 nitrogen and oxygen atoms in total.